The standard InChI is InChI=1S/C22H23NO4S/c1-26-19-11-5-7-15-13-18(22(25)27-20(15)19)21(24)23(14-17-10-6-12-28-17)16-8-3-2-4-9-16/h5-7,10-13,16H,2-4,8-9,14H2,1H3. The molecule has 4 rings (SSSR count). The highest BCUT2D eigenvalue weighted by atomic mass is 32.1. The summed E-state index contributed by atoms with van der Waals surface area (Å²) in [6, 6.07) is 11.2. The molecule has 0 spiro atoms. The quantitative estimate of drug-likeness (QED) is 0.578. The molecule has 2 aromatic heterocycles. The fraction of sp³-hybridized carbons (Fsp3) is 0.364. The van der Waals surface area contributed by atoms with Crippen molar-refractivity contribution >= 4 is 28.2 Å². The average molecular weight is 397 g/mol. The maximum absolute atomic E-state index is 13.4. The first-order chi connectivity index (χ1) is 13.7. The lowest BCUT2D eigenvalue weighted by Gasteiger charge is -2.34. The molecule has 0 bridgehead atoms. The second-order valence-corrected chi connectivity index (χ2v) is 8.16. The van der Waals surface area contributed by atoms with Crippen molar-refractivity contribution in [3.05, 3.63) is 62.6 Å². The van der Waals surface area contributed by atoms with E-state index in [4.69, 9.17) is 9.15 Å². The average Bonchev–Trinajstić information content (AvgIpc) is 3.24. The van der Waals surface area contributed by atoms with Crippen LogP contribution >= 0.6 is 11.3 Å². The molecule has 1 fully saturated rings. The third-order valence-corrected chi connectivity index (χ3v) is 6.22. The number of amides is 1. The summed E-state index contributed by atoms with van der Waals surface area (Å²) in [5.74, 6) is 0.232. The van der Waals surface area contributed by atoms with Gasteiger partial charge in [-0.3, -0.25) is 4.79 Å². The van der Waals surface area contributed by atoms with E-state index < -0.39 is 5.63 Å². The molecule has 2 heterocycles. The molecule has 0 N–H and O–H groups in total. The molecular weight excluding hydrogens is 374 g/mol. The molecule has 1 aliphatic rings. The molecule has 0 atom stereocenters. The molecule has 1 aliphatic carbocycles. The smallest absolute Gasteiger partial charge is 0.349 e. The molecule has 146 valence electrons. The number of thiophene rings is 1. The number of para-hydroxylation sites is 1. The van der Waals surface area contributed by atoms with E-state index in [1.807, 2.05) is 34.5 Å². The molecule has 1 aromatic carbocycles. The van der Waals surface area contributed by atoms with Gasteiger partial charge in [-0.15, -0.1) is 11.3 Å². The van der Waals surface area contributed by atoms with Gasteiger partial charge in [-0.05, 0) is 36.4 Å². The van der Waals surface area contributed by atoms with Gasteiger partial charge in [0.25, 0.3) is 5.91 Å². The number of fused-ring (bicyclic) bond motifs is 1. The van der Waals surface area contributed by atoms with E-state index in [-0.39, 0.29) is 17.5 Å². The minimum absolute atomic E-state index is 0.0860. The van der Waals surface area contributed by atoms with Crippen LogP contribution in [0.3, 0.4) is 0 Å². The van der Waals surface area contributed by atoms with Crippen molar-refractivity contribution in [2.24, 2.45) is 0 Å². The Morgan fingerprint density at radius 1 is 1.21 bits per heavy atom. The summed E-state index contributed by atoms with van der Waals surface area (Å²) < 4.78 is 10.8. The predicted octanol–water partition coefficient (Wildman–Crippen LogP) is 4.84. The Balaban J connectivity index is 1.73. The van der Waals surface area contributed by atoms with E-state index in [0.717, 1.165) is 30.6 Å². The van der Waals surface area contributed by atoms with Gasteiger partial charge in [0.05, 0.1) is 13.7 Å². The minimum atomic E-state index is -0.617. The molecule has 0 aliphatic heterocycles. The Hall–Kier alpha value is -2.60. The van der Waals surface area contributed by atoms with Crippen molar-refractivity contribution in [3.63, 3.8) is 0 Å². The van der Waals surface area contributed by atoms with E-state index in [9.17, 15) is 9.59 Å². The lowest BCUT2D eigenvalue weighted by atomic mass is 9.93. The van der Waals surface area contributed by atoms with E-state index in [0.29, 0.717) is 23.3 Å². The summed E-state index contributed by atoms with van der Waals surface area (Å²) in [6.07, 6.45) is 5.38. The first-order valence-electron chi connectivity index (χ1n) is 9.61. The number of hydrogen-bond acceptors (Lipinski definition) is 5. The highest BCUT2D eigenvalue weighted by Gasteiger charge is 2.29. The summed E-state index contributed by atoms with van der Waals surface area (Å²) in [7, 11) is 1.53. The maximum Gasteiger partial charge on any atom is 0.349 e. The zero-order valence-electron chi connectivity index (χ0n) is 15.8. The van der Waals surface area contributed by atoms with Crippen LogP contribution in [0, 0.1) is 0 Å². The number of carbonyl (C=O) groups excluding carboxylic acids is 1. The molecule has 28 heavy (non-hydrogen) atoms. The van der Waals surface area contributed by atoms with Gasteiger partial charge in [-0.2, -0.15) is 0 Å². The number of benzene rings is 1. The van der Waals surface area contributed by atoms with Crippen molar-refractivity contribution in [2.75, 3.05) is 7.11 Å². The van der Waals surface area contributed by atoms with Gasteiger partial charge in [-0.25, -0.2) is 4.79 Å². The van der Waals surface area contributed by atoms with Crippen LogP contribution < -0.4 is 10.4 Å². The van der Waals surface area contributed by atoms with Gasteiger partial charge in [0, 0.05) is 16.3 Å². The van der Waals surface area contributed by atoms with Crippen molar-refractivity contribution in [3.8, 4) is 5.75 Å². The van der Waals surface area contributed by atoms with E-state index >= 15 is 0 Å². The molecule has 5 nitrogen and oxygen atoms in total. The van der Waals surface area contributed by atoms with E-state index in [1.54, 1.807) is 23.5 Å². The lowest BCUT2D eigenvalue weighted by molar-refractivity contribution is 0.0612. The fourth-order valence-corrected chi connectivity index (χ4v) is 4.61. The van der Waals surface area contributed by atoms with Gasteiger partial charge < -0.3 is 14.1 Å². The number of ether oxygens (including phenoxy) is 1. The first kappa shape index (κ1) is 18.7. The molecule has 3 aromatic rings. The summed E-state index contributed by atoms with van der Waals surface area (Å²) in [5.41, 5.74) is -0.161. The number of methoxy groups -OCH3 is 1. The second kappa shape index (κ2) is 8.19. The molecular formula is C22H23NO4S. The molecule has 1 amide bonds. The van der Waals surface area contributed by atoms with Crippen molar-refractivity contribution in [1.82, 2.24) is 4.90 Å². The molecule has 6 heteroatoms. The monoisotopic (exact) mass is 397 g/mol. The molecule has 0 saturated heterocycles. The van der Waals surface area contributed by atoms with Crippen LogP contribution in [0.25, 0.3) is 11.0 Å². The van der Waals surface area contributed by atoms with Crippen molar-refractivity contribution in [2.45, 2.75) is 44.7 Å². The predicted molar refractivity (Wildman–Crippen MR) is 110 cm³/mol. The second-order valence-electron chi connectivity index (χ2n) is 7.13. The van der Waals surface area contributed by atoms with Crippen LogP contribution in [0.1, 0.15) is 47.3 Å². The zero-order valence-corrected chi connectivity index (χ0v) is 16.7. The Bertz CT molecular complexity index is 1020. The van der Waals surface area contributed by atoms with Crippen LogP contribution in [0.15, 0.2) is 51.0 Å². The molecule has 0 unspecified atom stereocenters. The van der Waals surface area contributed by atoms with E-state index in [1.165, 1.54) is 13.5 Å². The van der Waals surface area contributed by atoms with Crippen LogP contribution in [0.2, 0.25) is 0 Å². The van der Waals surface area contributed by atoms with Crippen molar-refractivity contribution in [1.29, 1.82) is 0 Å². The Kier molecular flexibility index (Phi) is 5.48. The Morgan fingerprint density at radius 2 is 2.04 bits per heavy atom. The van der Waals surface area contributed by atoms with Crippen LogP contribution in [-0.4, -0.2) is 24.0 Å². The Morgan fingerprint density at radius 3 is 2.75 bits per heavy atom. The minimum Gasteiger partial charge on any atom is -0.493 e. The number of hydrogen-bond donors (Lipinski definition) is 0. The van der Waals surface area contributed by atoms with Crippen molar-refractivity contribution < 1.29 is 13.9 Å². The maximum atomic E-state index is 13.4. The van der Waals surface area contributed by atoms with Gasteiger partial charge in [0.15, 0.2) is 11.3 Å². The van der Waals surface area contributed by atoms with Gasteiger partial charge >= 0.3 is 5.63 Å². The van der Waals surface area contributed by atoms with E-state index in [2.05, 4.69) is 0 Å². The lowest BCUT2D eigenvalue weighted by Crippen LogP contribution is -2.42. The number of nitrogens with zero attached hydrogens (tertiary/aromatic N) is 1. The summed E-state index contributed by atoms with van der Waals surface area (Å²) in [5, 5.41) is 2.69. The number of carbonyl (C=O) groups is 1. The SMILES string of the molecule is COc1cccc2cc(C(=O)N(Cc3cccs3)C3CCCCC3)c(=O)oc12. The topological polar surface area (TPSA) is 59.8 Å². The fourth-order valence-electron chi connectivity index (χ4n) is 3.91. The highest BCUT2D eigenvalue weighted by Crippen LogP contribution is 2.28. The number of rotatable bonds is 5. The molecule has 1 saturated carbocycles. The summed E-state index contributed by atoms with van der Waals surface area (Å²) >= 11 is 1.63. The van der Waals surface area contributed by atoms with Crippen LogP contribution in [-0.2, 0) is 6.54 Å². The summed E-state index contributed by atoms with van der Waals surface area (Å²) in [6.45, 7) is 0.525. The van der Waals surface area contributed by atoms with Crippen LogP contribution in [0.4, 0.5) is 0 Å². The van der Waals surface area contributed by atoms with Gasteiger partial charge in [0.1, 0.15) is 5.56 Å². The largest absolute Gasteiger partial charge is 0.493 e. The molecule has 0 radical (unpaired) electrons. The Labute approximate surface area is 167 Å². The van der Waals surface area contributed by atoms with Gasteiger partial charge in [-0.1, -0.05) is 37.5 Å². The van der Waals surface area contributed by atoms with Gasteiger partial charge in [0.2, 0.25) is 0 Å². The van der Waals surface area contributed by atoms with Crippen LogP contribution in [0.5, 0.6) is 5.75 Å². The zero-order chi connectivity index (χ0) is 19.5. The first-order valence-corrected chi connectivity index (χ1v) is 10.5. The summed E-state index contributed by atoms with van der Waals surface area (Å²) in [4.78, 5) is 29.1. The third-order valence-electron chi connectivity index (χ3n) is 5.36. The highest BCUT2D eigenvalue weighted by molar-refractivity contribution is 7.09. The third kappa shape index (κ3) is 3.69. The normalized spacial score (nSPS) is 14.9.